The van der Waals surface area contributed by atoms with Crippen LogP contribution in [-0.4, -0.2) is 58.4 Å². The minimum Gasteiger partial charge on any atom is -0.310 e. The predicted molar refractivity (Wildman–Crippen MR) is 109 cm³/mol. The van der Waals surface area contributed by atoms with Crippen LogP contribution in [0.3, 0.4) is 0 Å². The van der Waals surface area contributed by atoms with Crippen LogP contribution in [-0.2, 0) is 11.3 Å². The molecule has 0 atom stereocenters. The summed E-state index contributed by atoms with van der Waals surface area (Å²) in [6.07, 6.45) is 1.53. The maximum Gasteiger partial charge on any atom is 0.239 e. The molecule has 27 heavy (non-hydrogen) atoms. The zero-order chi connectivity index (χ0) is 18.6. The van der Waals surface area contributed by atoms with Gasteiger partial charge in [0.1, 0.15) is 10.8 Å². The molecule has 1 aliphatic heterocycles. The number of carbonyl (C=O) groups excluding carboxylic acids is 1. The van der Waals surface area contributed by atoms with Gasteiger partial charge in [-0.3, -0.25) is 14.6 Å². The largest absolute Gasteiger partial charge is 0.310 e. The molecule has 1 amide bonds. The van der Waals surface area contributed by atoms with E-state index in [2.05, 4.69) is 32.2 Å². The van der Waals surface area contributed by atoms with E-state index in [0.29, 0.717) is 17.4 Å². The third-order valence-electron chi connectivity index (χ3n) is 4.52. The minimum atomic E-state index is -0.0514. The van der Waals surface area contributed by atoms with Gasteiger partial charge in [0.05, 0.1) is 28.3 Å². The second-order valence-electron chi connectivity index (χ2n) is 6.54. The van der Waals surface area contributed by atoms with Crippen LogP contribution in [0.2, 0.25) is 5.02 Å². The summed E-state index contributed by atoms with van der Waals surface area (Å²) in [5, 5.41) is 4.51. The van der Waals surface area contributed by atoms with Gasteiger partial charge in [0.15, 0.2) is 0 Å². The Labute approximate surface area is 166 Å². The number of hydrogen-bond acceptors (Lipinski definition) is 6. The third kappa shape index (κ3) is 4.81. The molecule has 8 heteroatoms. The number of pyridine rings is 1. The molecule has 0 saturated carbocycles. The number of rotatable bonds is 5. The second kappa shape index (κ2) is 8.31. The minimum absolute atomic E-state index is 0.0514. The molecular formula is C19H20ClN5OS. The van der Waals surface area contributed by atoms with Gasteiger partial charge in [0, 0.05) is 32.4 Å². The standard InChI is InChI=1S/C19H20ClN5OS/c20-14-5-6-17(21-11-14)23-18(26)12-24-7-9-25(10-8-24)13-19-22-15-3-1-2-4-16(15)27-19/h1-6,11H,7-10,12-13H2,(H,21,23,26). The summed E-state index contributed by atoms with van der Waals surface area (Å²) < 4.78 is 1.23. The quantitative estimate of drug-likeness (QED) is 0.711. The van der Waals surface area contributed by atoms with Crippen molar-refractivity contribution in [2.45, 2.75) is 6.54 Å². The number of benzene rings is 1. The van der Waals surface area contributed by atoms with Gasteiger partial charge in [-0.2, -0.15) is 0 Å². The molecule has 0 aliphatic carbocycles. The number of hydrogen-bond donors (Lipinski definition) is 1. The summed E-state index contributed by atoms with van der Waals surface area (Å²) in [7, 11) is 0. The topological polar surface area (TPSA) is 61.4 Å². The first-order valence-corrected chi connectivity index (χ1v) is 10.1. The number of nitrogens with one attached hydrogen (secondary N) is 1. The second-order valence-corrected chi connectivity index (χ2v) is 8.09. The first kappa shape index (κ1) is 18.3. The van der Waals surface area contributed by atoms with Crippen molar-refractivity contribution in [1.29, 1.82) is 0 Å². The van der Waals surface area contributed by atoms with Crippen LogP contribution in [0.15, 0.2) is 42.6 Å². The Morgan fingerprint density at radius 3 is 2.63 bits per heavy atom. The molecule has 1 saturated heterocycles. The number of nitrogens with zero attached hydrogens (tertiary/aromatic N) is 4. The zero-order valence-electron chi connectivity index (χ0n) is 14.8. The summed E-state index contributed by atoms with van der Waals surface area (Å²) in [6, 6.07) is 11.7. The highest BCUT2D eigenvalue weighted by Gasteiger charge is 2.20. The number of aromatic nitrogens is 2. The van der Waals surface area contributed by atoms with Crippen molar-refractivity contribution in [3.8, 4) is 0 Å². The molecule has 0 spiro atoms. The van der Waals surface area contributed by atoms with Crippen LogP contribution < -0.4 is 5.32 Å². The number of halogens is 1. The van der Waals surface area contributed by atoms with Crippen LogP contribution in [0.25, 0.3) is 10.2 Å². The SMILES string of the molecule is O=C(CN1CCN(Cc2nc3ccccc3s2)CC1)Nc1ccc(Cl)cn1. The zero-order valence-corrected chi connectivity index (χ0v) is 16.3. The molecule has 3 heterocycles. The normalized spacial score (nSPS) is 15.9. The Bertz CT molecular complexity index is 888. The van der Waals surface area contributed by atoms with Gasteiger partial charge in [-0.25, -0.2) is 9.97 Å². The van der Waals surface area contributed by atoms with E-state index >= 15 is 0 Å². The Hall–Kier alpha value is -2.06. The van der Waals surface area contributed by atoms with Crippen molar-refractivity contribution in [3.63, 3.8) is 0 Å². The molecule has 4 rings (SSSR count). The molecule has 0 radical (unpaired) electrons. The van der Waals surface area contributed by atoms with Crippen molar-refractivity contribution < 1.29 is 4.79 Å². The average Bonchev–Trinajstić information content (AvgIpc) is 3.07. The first-order chi connectivity index (χ1) is 13.2. The van der Waals surface area contributed by atoms with E-state index in [1.54, 1.807) is 23.5 Å². The molecule has 1 aromatic carbocycles. The molecule has 140 valence electrons. The molecule has 1 N–H and O–H groups in total. The number of carbonyl (C=O) groups is 1. The van der Waals surface area contributed by atoms with Crippen molar-refractivity contribution in [1.82, 2.24) is 19.8 Å². The van der Waals surface area contributed by atoms with Crippen molar-refractivity contribution in [2.24, 2.45) is 0 Å². The van der Waals surface area contributed by atoms with Gasteiger partial charge in [-0.1, -0.05) is 23.7 Å². The number of piperazine rings is 1. The highest BCUT2D eigenvalue weighted by molar-refractivity contribution is 7.18. The first-order valence-electron chi connectivity index (χ1n) is 8.86. The lowest BCUT2D eigenvalue weighted by Gasteiger charge is -2.33. The molecule has 0 unspecified atom stereocenters. The summed E-state index contributed by atoms with van der Waals surface area (Å²) in [4.78, 5) is 25.6. The molecule has 2 aromatic heterocycles. The maximum absolute atomic E-state index is 12.2. The van der Waals surface area contributed by atoms with Crippen LogP contribution in [0.1, 0.15) is 5.01 Å². The fourth-order valence-corrected chi connectivity index (χ4v) is 4.24. The highest BCUT2D eigenvalue weighted by Crippen LogP contribution is 2.23. The van der Waals surface area contributed by atoms with Gasteiger partial charge in [0.2, 0.25) is 5.91 Å². The molecule has 1 aliphatic rings. The van der Waals surface area contributed by atoms with Crippen LogP contribution >= 0.6 is 22.9 Å². The molecule has 0 bridgehead atoms. The van der Waals surface area contributed by atoms with Gasteiger partial charge >= 0.3 is 0 Å². The maximum atomic E-state index is 12.2. The van der Waals surface area contributed by atoms with Crippen LogP contribution in [0.5, 0.6) is 0 Å². The van der Waals surface area contributed by atoms with Crippen molar-refractivity contribution >= 4 is 44.9 Å². The van der Waals surface area contributed by atoms with Crippen molar-refractivity contribution in [3.05, 3.63) is 52.6 Å². The molecule has 3 aromatic rings. The van der Waals surface area contributed by atoms with Gasteiger partial charge in [-0.15, -0.1) is 11.3 Å². The molecule has 1 fully saturated rings. The van der Waals surface area contributed by atoms with Gasteiger partial charge < -0.3 is 5.32 Å². The summed E-state index contributed by atoms with van der Waals surface area (Å²) in [6.45, 7) is 4.84. The van der Waals surface area contributed by atoms with Crippen LogP contribution in [0, 0.1) is 0 Å². The Kier molecular flexibility index (Phi) is 5.63. The number of thiazole rings is 1. The molecule has 6 nitrogen and oxygen atoms in total. The van der Waals surface area contributed by atoms with Crippen molar-refractivity contribution in [2.75, 3.05) is 38.0 Å². The lowest BCUT2D eigenvalue weighted by molar-refractivity contribution is -0.117. The monoisotopic (exact) mass is 401 g/mol. The number of anilines is 1. The van der Waals surface area contributed by atoms with Gasteiger partial charge in [0.25, 0.3) is 0 Å². The fourth-order valence-electron chi connectivity index (χ4n) is 3.12. The summed E-state index contributed by atoms with van der Waals surface area (Å²) >= 11 is 7.56. The number of fused-ring (bicyclic) bond motifs is 1. The molecular weight excluding hydrogens is 382 g/mol. The van der Waals surface area contributed by atoms with Crippen LogP contribution in [0.4, 0.5) is 5.82 Å². The summed E-state index contributed by atoms with van der Waals surface area (Å²) in [5.41, 5.74) is 1.07. The number of amides is 1. The predicted octanol–water partition coefficient (Wildman–Crippen LogP) is 3.10. The Morgan fingerprint density at radius 2 is 1.89 bits per heavy atom. The van der Waals surface area contributed by atoms with E-state index < -0.39 is 0 Å². The average molecular weight is 402 g/mol. The Morgan fingerprint density at radius 1 is 1.11 bits per heavy atom. The van der Waals surface area contributed by atoms with E-state index in [1.807, 2.05) is 12.1 Å². The smallest absolute Gasteiger partial charge is 0.239 e. The van der Waals surface area contributed by atoms with Gasteiger partial charge in [-0.05, 0) is 24.3 Å². The highest BCUT2D eigenvalue weighted by atomic mass is 35.5. The lowest BCUT2D eigenvalue weighted by Crippen LogP contribution is -2.48. The van der Waals surface area contributed by atoms with E-state index in [4.69, 9.17) is 16.6 Å². The Balaban J connectivity index is 1.24. The number of para-hydroxylation sites is 1. The summed E-state index contributed by atoms with van der Waals surface area (Å²) in [5.74, 6) is 0.475. The fraction of sp³-hybridized carbons (Fsp3) is 0.316. The van der Waals surface area contributed by atoms with E-state index in [0.717, 1.165) is 43.2 Å². The third-order valence-corrected chi connectivity index (χ3v) is 5.77. The van der Waals surface area contributed by atoms with E-state index in [-0.39, 0.29) is 5.91 Å². The lowest BCUT2D eigenvalue weighted by atomic mass is 10.3. The van der Waals surface area contributed by atoms with E-state index in [1.165, 1.54) is 10.9 Å². The van der Waals surface area contributed by atoms with E-state index in [9.17, 15) is 4.79 Å².